The maximum atomic E-state index is 12.3. The summed E-state index contributed by atoms with van der Waals surface area (Å²) in [6.45, 7) is 0. The van der Waals surface area contributed by atoms with Gasteiger partial charge in [0.25, 0.3) is 12.0 Å². The Labute approximate surface area is 59.7 Å². The number of halogens is 3. The lowest BCUT2D eigenvalue weighted by Crippen LogP contribution is -2.10. The molecule has 1 rings (SSSR count). The van der Waals surface area contributed by atoms with Crippen LogP contribution >= 0.6 is 0 Å². The summed E-state index contributed by atoms with van der Waals surface area (Å²) in [6.07, 6.45) is -1.97. The highest BCUT2D eigenvalue weighted by Crippen LogP contribution is 2.16. The molecule has 0 bridgehead atoms. The summed E-state index contributed by atoms with van der Waals surface area (Å²) in [5, 5.41) is 0. The summed E-state index contributed by atoms with van der Waals surface area (Å²) >= 11 is 0. The summed E-state index contributed by atoms with van der Waals surface area (Å²) in [7, 11) is 0. The minimum absolute atomic E-state index is 0.517. The molecule has 0 amide bonds. The van der Waals surface area contributed by atoms with E-state index < -0.39 is 23.4 Å². The zero-order chi connectivity index (χ0) is 8.43. The summed E-state index contributed by atoms with van der Waals surface area (Å²) in [5.41, 5.74) is -1.52. The van der Waals surface area contributed by atoms with Gasteiger partial charge in [0, 0.05) is 11.8 Å². The Morgan fingerprint density at radius 1 is 1.45 bits per heavy atom. The fraction of sp³-hybridized carbons (Fsp3) is 0.167. The van der Waals surface area contributed by atoms with E-state index in [0.717, 1.165) is 6.20 Å². The van der Waals surface area contributed by atoms with E-state index in [0.29, 0.717) is 6.07 Å². The van der Waals surface area contributed by atoms with Gasteiger partial charge in [-0.2, -0.15) is 0 Å². The molecule has 0 spiro atoms. The number of hydrogen-bond acceptors (Lipinski definition) is 1. The van der Waals surface area contributed by atoms with Crippen LogP contribution in [0.1, 0.15) is 12.0 Å². The first-order valence-corrected chi connectivity index (χ1v) is 2.77. The largest absolute Gasteiger partial charge is 0.326 e. The molecular weight excluding hydrogens is 159 g/mol. The van der Waals surface area contributed by atoms with Crippen molar-refractivity contribution in [3.8, 4) is 0 Å². The van der Waals surface area contributed by atoms with Gasteiger partial charge in [0.2, 0.25) is 0 Å². The van der Waals surface area contributed by atoms with Crippen LogP contribution in [0.2, 0.25) is 0 Å². The van der Waals surface area contributed by atoms with E-state index >= 15 is 0 Å². The fourth-order valence-electron chi connectivity index (χ4n) is 0.597. The van der Waals surface area contributed by atoms with Crippen molar-refractivity contribution in [3.05, 3.63) is 34.0 Å². The minimum Gasteiger partial charge on any atom is -0.326 e. The molecule has 1 N–H and O–H groups in total. The van der Waals surface area contributed by atoms with Crippen molar-refractivity contribution in [1.29, 1.82) is 0 Å². The second kappa shape index (κ2) is 2.77. The minimum atomic E-state index is -2.76. The molecule has 0 saturated heterocycles. The zero-order valence-corrected chi connectivity index (χ0v) is 5.27. The standard InChI is InChI=1S/C6H4F3NO/c7-4-1-3(5(8)9)2-10-6(4)11/h1-2,5H,(H,10,11). The molecule has 0 aliphatic rings. The Bertz CT molecular complexity index is 307. The molecular formula is C6H4F3NO. The summed E-state index contributed by atoms with van der Waals surface area (Å²) in [4.78, 5) is 12.2. The Morgan fingerprint density at radius 3 is 2.55 bits per heavy atom. The van der Waals surface area contributed by atoms with Gasteiger partial charge in [0.05, 0.1) is 0 Å². The molecule has 11 heavy (non-hydrogen) atoms. The molecule has 1 aromatic heterocycles. The molecule has 0 aromatic carbocycles. The molecule has 1 aromatic rings. The second-order valence-electron chi connectivity index (χ2n) is 1.91. The van der Waals surface area contributed by atoms with Crippen LogP contribution in [-0.4, -0.2) is 4.98 Å². The van der Waals surface area contributed by atoms with Crippen molar-refractivity contribution >= 4 is 0 Å². The van der Waals surface area contributed by atoms with Gasteiger partial charge in [0.15, 0.2) is 5.82 Å². The Hall–Kier alpha value is -1.26. The van der Waals surface area contributed by atoms with E-state index in [2.05, 4.69) is 0 Å². The molecule has 2 nitrogen and oxygen atoms in total. The summed E-state index contributed by atoms with van der Waals surface area (Å²) in [5.74, 6) is -1.19. The third-order valence-electron chi connectivity index (χ3n) is 1.13. The molecule has 0 atom stereocenters. The highest BCUT2D eigenvalue weighted by Gasteiger charge is 2.08. The van der Waals surface area contributed by atoms with Gasteiger partial charge in [-0.05, 0) is 6.07 Å². The van der Waals surface area contributed by atoms with Crippen molar-refractivity contribution in [2.45, 2.75) is 6.43 Å². The van der Waals surface area contributed by atoms with Crippen LogP contribution in [0.3, 0.4) is 0 Å². The van der Waals surface area contributed by atoms with Gasteiger partial charge in [0.1, 0.15) is 0 Å². The second-order valence-corrected chi connectivity index (χ2v) is 1.91. The summed E-state index contributed by atoms with van der Waals surface area (Å²) < 4.78 is 35.8. The van der Waals surface area contributed by atoms with Crippen molar-refractivity contribution in [3.63, 3.8) is 0 Å². The third kappa shape index (κ3) is 1.60. The number of pyridine rings is 1. The molecule has 0 unspecified atom stereocenters. The first kappa shape index (κ1) is 7.84. The molecule has 0 fully saturated rings. The average Bonchev–Trinajstić information content (AvgIpc) is 1.94. The third-order valence-corrected chi connectivity index (χ3v) is 1.13. The van der Waals surface area contributed by atoms with E-state index in [9.17, 15) is 18.0 Å². The average molecular weight is 163 g/mol. The molecule has 0 radical (unpaired) electrons. The number of alkyl halides is 2. The topological polar surface area (TPSA) is 32.9 Å². The smallest absolute Gasteiger partial charge is 0.283 e. The lowest BCUT2D eigenvalue weighted by atomic mass is 10.3. The van der Waals surface area contributed by atoms with Gasteiger partial charge in [-0.1, -0.05) is 0 Å². The van der Waals surface area contributed by atoms with E-state index in [-0.39, 0.29) is 0 Å². The lowest BCUT2D eigenvalue weighted by Gasteiger charge is -1.96. The monoisotopic (exact) mass is 163 g/mol. The maximum Gasteiger partial charge on any atom is 0.283 e. The van der Waals surface area contributed by atoms with Gasteiger partial charge < -0.3 is 4.98 Å². The molecule has 1 heterocycles. The van der Waals surface area contributed by atoms with Crippen molar-refractivity contribution in [2.24, 2.45) is 0 Å². The maximum absolute atomic E-state index is 12.3. The number of aromatic nitrogens is 1. The van der Waals surface area contributed by atoms with Gasteiger partial charge in [-0.25, -0.2) is 13.2 Å². The number of hydrogen-bond donors (Lipinski definition) is 1. The molecule has 0 aliphatic heterocycles. The summed E-state index contributed by atoms with van der Waals surface area (Å²) in [6, 6.07) is 0.517. The molecule has 5 heteroatoms. The highest BCUT2D eigenvalue weighted by atomic mass is 19.3. The Kier molecular flexibility index (Phi) is 1.98. The lowest BCUT2D eigenvalue weighted by molar-refractivity contribution is 0.150. The van der Waals surface area contributed by atoms with Gasteiger partial charge in [-0.15, -0.1) is 0 Å². The fourth-order valence-corrected chi connectivity index (χ4v) is 0.597. The van der Waals surface area contributed by atoms with Crippen LogP contribution in [0.15, 0.2) is 17.1 Å². The Morgan fingerprint density at radius 2 is 2.09 bits per heavy atom. The first-order valence-electron chi connectivity index (χ1n) is 2.77. The van der Waals surface area contributed by atoms with Crippen molar-refractivity contribution in [2.75, 3.05) is 0 Å². The van der Waals surface area contributed by atoms with Crippen LogP contribution in [0.4, 0.5) is 13.2 Å². The zero-order valence-electron chi connectivity index (χ0n) is 5.27. The van der Waals surface area contributed by atoms with Crippen LogP contribution in [0.5, 0.6) is 0 Å². The van der Waals surface area contributed by atoms with Gasteiger partial charge in [-0.3, -0.25) is 4.79 Å². The van der Waals surface area contributed by atoms with Crippen LogP contribution in [0, 0.1) is 5.82 Å². The predicted octanol–water partition coefficient (Wildman–Crippen LogP) is 1.45. The van der Waals surface area contributed by atoms with E-state index in [1.807, 2.05) is 4.98 Å². The number of aromatic amines is 1. The Balaban J connectivity index is 3.15. The van der Waals surface area contributed by atoms with E-state index in [1.54, 1.807) is 0 Å². The number of H-pyrrole nitrogens is 1. The first-order chi connectivity index (χ1) is 5.11. The van der Waals surface area contributed by atoms with Crippen molar-refractivity contribution < 1.29 is 13.2 Å². The van der Waals surface area contributed by atoms with Crippen molar-refractivity contribution in [1.82, 2.24) is 4.98 Å². The molecule has 0 saturated carbocycles. The normalized spacial score (nSPS) is 10.5. The quantitative estimate of drug-likeness (QED) is 0.667. The van der Waals surface area contributed by atoms with E-state index in [1.165, 1.54) is 0 Å². The number of rotatable bonds is 1. The van der Waals surface area contributed by atoms with Crippen LogP contribution in [0.25, 0.3) is 0 Å². The molecule has 0 aliphatic carbocycles. The SMILES string of the molecule is O=c1[nH]cc(C(F)F)cc1F. The van der Waals surface area contributed by atoms with Crippen LogP contribution < -0.4 is 5.56 Å². The highest BCUT2D eigenvalue weighted by molar-refractivity contribution is 5.11. The van der Waals surface area contributed by atoms with Crippen LogP contribution in [-0.2, 0) is 0 Å². The number of nitrogens with one attached hydrogen (secondary N) is 1. The van der Waals surface area contributed by atoms with E-state index in [4.69, 9.17) is 0 Å². The molecule has 60 valence electrons. The predicted molar refractivity (Wildman–Crippen MR) is 32.0 cm³/mol. The van der Waals surface area contributed by atoms with Gasteiger partial charge >= 0.3 is 0 Å².